The van der Waals surface area contributed by atoms with Gasteiger partial charge in [-0.05, 0) is 79.8 Å². The molecule has 2 heterocycles. The molecule has 0 unspecified atom stereocenters. The Hall–Kier alpha value is -0.910. The normalized spacial score (nSPS) is 36.6. The average Bonchev–Trinajstić information content (AvgIpc) is 3.08. The van der Waals surface area contributed by atoms with Crippen LogP contribution >= 0.6 is 7.26 Å². The van der Waals surface area contributed by atoms with Crippen molar-refractivity contribution in [2.75, 3.05) is 46.8 Å². The minimum atomic E-state index is -1.83. The molecular formula is C43H85N2O9P. The van der Waals surface area contributed by atoms with Gasteiger partial charge in [-0.2, -0.15) is 0 Å². The molecule has 2 saturated heterocycles. The summed E-state index contributed by atoms with van der Waals surface area (Å²) in [7, 11) is 2.86. The first-order valence-electron chi connectivity index (χ1n) is 21.8. The number of rotatable bonds is 16. The molecule has 0 aromatic carbocycles. The maximum atomic E-state index is 14.0. The Morgan fingerprint density at radius 3 is 2.04 bits per heavy atom. The first-order chi connectivity index (χ1) is 25.5. The largest absolute Gasteiger partial charge is 0.388 e. The van der Waals surface area contributed by atoms with Gasteiger partial charge >= 0.3 is 110 Å². The Morgan fingerprint density at radius 1 is 0.927 bits per heavy atom. The molecule has 4 N–H and O–H groups in total. The first-order valence-corrected chi connectivity index (χ1v) is 25.5. The van der Waals surface area contributed by atoms with E-state index in [0.29, 0.717) is 19.3 Å². The van der Waals surface area contributed by atoms with Gasteiger partial charge in [-0.15, -0.1) is 0 Å². The molecule has 0 aliphatic carbocycles. The van der Waals surface area contributed by atoms with E-state index in [1.54, 1.807) is 32.6 Å². The summed E-state index contributed by atoms with van der Waals surface area (Å²) in [6.45, 7) is 19.9. The van der Waals surface area contributed by atoms with Gasteiger partial charge in [-0.25, -0.2) is 0 Å². The Kier molecular flexibility index (Phi) is 21.0. The molecule has 2 rings (SSSR count). The van der Waals surface area contributed by atoms with Crippen LogP contribution in [0, 0.1) is 11.8 Å². The SMILES string of the molecule is CC[C@H]1OC(=O)[C@H](C)CC[C@@H](O[C@@H]2O[C@H](C)C[C@H](N(C)C)[C@H]2O)[C@](C)(O)C[C@@H](C)CN(C(=O)CCCCCCCCCCC[PH](C)(C)C)[C@H](C)[C@@H](O)[C@]1(C)O. The topological polar surface area (TPSA) is 149 Å². The van der Waals surface area contributed by atoms with Crippen LogP contribution in [-0.4, -0.2) is 149 Å². The number of esters is 1. The van der Waals surface area contributed by atoms with Gasteiger partial charge in [0.15, 0.2) is 6.29 Å². The Balaban J connectivity index is 2.24. The molecule has 55 heavy (non-hydrogen) atoms. The Labute approximate surface area is 336 Å². The second-order valence-electron chi connectivity index (χ2n) is 19.4. The van der Waals surface area contributed by atoms with Crippen LogP contribution in [0.4, 0.5) is 0 Å². The molecule has 12 heteroatoms. The molecule has 0 spiro atoms. The molecule has 0 aromatic heterocycles. The number of likely N-dealkylation sites (N-methyl/N-ethyl adjacent to an activating group) is 1. The van der Waals surface area contributed by atoms with Gasteiger partial charge in [-0.1, -0.05) is 20.8 Å². The molecule has 2 aliphatic rings. The number of hydrogen-bond acceptors (Lipinski definition) is 10. The molecule has 11 nitrogen and oxygen atoms in total. The number of aliphatic hydroxyl groups is 4. The Morgan fingerprint density at radius 2 is 1.49 bits per heavy atom. The van der Waals surface area contributed by atoms with Crippen molar-refractivity contribution in [1.82, 2.24) is 9.80 Å². The maximum Gasteiger partial charge on any atom is 0.126 e. The van der Waals surface area contributed by atoms with E-state index in [1.165, 1.54) is 45.2 Å². The van der Waals surface area contributed by atoms with Gasteiger partial charge < -0.3 is 44.4 Å². The van der Waals surface area contributed by atoms with Crippen LogP contribution in [0.15, 0.2) is 0 Å². The van der Waals surface area contributed by atoms with Crippen molar-refractivity contribution in [1.29, 1.82) is 0 Å². The van der Waals surface area contributed by atoms with Crippen LogP contribution in [0.2, 0.25) is 0 Å². The smallest absolute Gasteiger partial charge is 0.126 e. The number of ether oxygens (including phenoxy) is 3. The van der Waals surface area contributed by atoms with E-state index in [2.05, 4.69) is 20.0 Å². The molecule has 2 fully saturated rings. The quantitative estimate of drug-likeness (QED) is 0.0808. The van der Waals surface area contributed by atoms with E-state index < -0.39 is 67.1 Å². The number of carbonyl (C=O) groups excluding carboxylic acids is 2. The van der Waals surface area contributed by atoms with Crippen LogP contribution in [0.25, 0.3) is 0 Å². The van der Waals surface area contributed by atoms with Gasteiger partial charge in [0.05, 0.1) is 29.8 Å². The number of hydrogen-bond donors (Lipinski definition) is 4. The van der Waals surface area contributed by atoms with Crippen LogP contribution in [0.3, 0.4) is 0 Å². The van der Waals surface area contributed by atoms with Crippen LogP contribution in [0.1, 0.15) is 145 Å². The van der Waals surface area contributed by atoms with Crippen molar-refractivity contribution in [3.8, 4) is 0 Å². The van der Waals surface area contributed by atoms with E-state index in [4.69, 9.17) is 14.2 Å². The third-order valence-corrected chi connectivity index (χ3v) is 14.1. The van der Waals surface area contributed by atoms with Crippen LogP contribution in [0.5, 0.6) is 0 Å². The van der Waals surface area contributed by atoms with Crippen LogP contribution in [-0.2, 0) is 23.8 Å². The molecule has 326 valence electrons. The van der Waals surface area contributed by atoms with E-state index >= 15 is 0 Å². The molecule has 0 aromatic rings. The summed E-state index contributed by atoms with van der Waals surface area (Å²) in [5.74, 6) is -1.48. The second-order valence-corrected chi connectivity index (χ2v) is 25.0. The monoisotopic (exact) mass is 805 g/mol. The number of carbonyl (C=O) groups is 2. The molecule has 0 bridgehead atoms. The molecule has 0 radical (unpaired) electrons. The average molecular weight is 805 g/mol. The summed E-state index contributed by atoms with van der Waals surface area (Å²) < 4.78 is 18.5. The number of unbranched alkanes of at least 4 members (excludes halogenated alkanes) is 8. The van der Waals surface area contributed by atoms with Gasteiger partial charge in [0.25, 0.3) is 0 Å². The van der Waals surface area contributed by atoms with Gasteiger partial charge in [0.2, 0.25) is 0 Å². The number of amides is 1. The zero-order chi connectivity index (χ0) is 41.7. The minimum absolute atomic E-state index is 0.116. The molecule has 1 amide bonds. The Bertz CT molecular complexity index is 1130. The molecular weight excluding hydrogens is 719 g/mol. The second kappa shape index (κ2) is 23.0. The summed E-state index contributed by atoms with van der Waals surface area (Å²) in [5, 5.41) is 46.9. The fraction of sp³-hybridized carbons (Fsp3) is 0.953. The van der Waals surface area contributed by atoms with Crippen molar-refractivity contribution >= 4 is 19.1 Å². The summed E-state index contributed by atoms with van der Waals surface area (Å²) in [6.07, 6.45) is 8.45. The zero-order valence-electron chi connectivity index (χ0n) is 37.0. The first kappa shape index (κ1) is 50.2. The van der Waals surface area contributed by atoms with Crippen molar-refractivity contribution in [3.05, 3.63) is 0 Å². The van der Waals surface area contributed by atoms with Gasteiger partial charge in [0, 0.05) is 12.6 Å². The maximum absolute atomic E-state index is 14.0. The summed E-state index contributed by atoms with van der Waals surface area (Å²) >= 11 is 0. The van der Waals surface area contributed by atoms with Crippen molar-refractivity contribution < 1.29 is 44.2 Å². The van der Waals surface area contributed by atoms with E-state index in [1.807, 2.05) is 32.8 Å². The van der Waals surface area contributed by atoms with Gasteiger partial charge in [0.1, 0.15) is 23.9 Å². The number of aliphatic hydroxyl groups excluding tert-OH is 2. The van der Waals surface area contributed by atoms with Gasteiger partial charge in [-0.3, -0.25) is 9.59 Å². The van der Waals surface area contributed by atoms with Crippen molar-refractivity contribution in [3.63, 3.8) is 0 Å². The zero-order valence-corrected chi connectivity index (χ0v) is 38.0. The predicted molar refractivity (Wildman–Crippen MR) is 225 cm³/mol. The summed E-state index contributed by atoms with van der Waals surface area (Å²) in [5.41, 5.74) is -3.26. The van der Waals surface area contributed by atoms with Crippen molar-refractivity contribution in [2.45, 2.75) is 205 Å². The summed E-state index contributed by atoms with van der Waals surface area (Å²) in [4.78, 5) is 31.1. The third kappa shape index (κ3) is 16.3. The van der Waals surface area contributed by atoms with Crippen molar-refractivity contribution in [2.24, 2.45) is 11.8 Å². The molecule has 12 atom stereocenters. The van der Waals surface area contributed by atoms with E-state index in [0.717, 1.165) is 25.7 Å². The minimum Gasteiger partial charge on any atom is -0.388 e. The fourth-order valence-corrected chi connectivity index (χ4v) is 9.94. The molecule has 2 aliphatic heterocycles. The number of cyclic esters (lactones) is 1. The summed E-state index contributed by atoms with van der Waals surface area (Å²) in [6, 6.07) is -0.997. The standard InChI is InChI=1S/C43H85N2O9P/c1-13-35-43(7,51)39(48)33(5)45(37(46)23-21-19-17-15-14-16-18-20-22-26-55(10,11)12)29-30(2)28-42(6,50)36(25-24-31(3)40(49)53-35)54-41-38(47)34(44(8)9)27-32(4)52-41/h30-36,38-39,41,47-48,50-51,55H,13-29H2,1-12H3/t30-,31-,32-,33-,34+,35-,36-,38-,39-,41+,42-,43-/m1/s1. The number of nitrogens with zero attached hydrogens (tertiary/aromatic N) is 2. The predicted octanol–water partition coefficient (Wildman–Crippen LogP) is 6.20. The van der Waals surface area contributed by atoms with Crippen LogP contribution < -0.4 is 0 Å². The molecule has 0 saturated carbocycles. The fourth-order valence-electron chi connectivity index (χ4n) is 8.63. The third-order valence-electron chi connectivity index (χ3n) is 12.3. The van der Waals surface area contributed by atoms with E-state index in [9.17, 15) is 30.0 Å². The van der Waals surface area contributed by atoms with E-state index in [-0.39, 0.29) is 49.8 Å².